The molecule has 0 aromatic heterocycles. The van der Waals surface area contributed by atoms with Crippen LogP contribution in [0.15, 0.2) is 47.5 Å². The lowest BCUT2D eigenvalue weighted by atomic mass is 10.0. The Labute approximate surface area is 153 Å². The fraction of sp³-hybridized carbons (Fsp3) is 0.350. The second kappa shape index (κ2) is 9.29. The minimum Gasteiger partial charge on any atom is -0.354 e. The fourth-order valence-electron chi connectivity index (χ4n) is 2.66. The first-order valence-corrected chi connectivity index (χ1v) is 8.52. The Balaban J connectivity index is 1.98. The molecule has 0 saturated carbocycles. The van der Waals surface area contributed by atoms with Crippen molar-refractivity contribution in [1.29, 1.82) is 0 Å². The third kappa shape index (κ3) is 5.52. The topological polar surface area (TPSA) is 39.7 Å². The number of guanidine groups is 1. The van der Waals surface area contributed by atoms with Crippen molar-refractivity contribution in [2.45, 2.75) is 19.5 Å². The van der Waals surface area contributed by atoms with Gasteiger partial charge in [-0.15, -0.1) is 0 Å². The van der Waals surface area contributed by atoms with Gasteiger partial charge in [-0.3, -0.25) is 4.99 Å². The van der Waals surface area contributed by atoms with Crippen LogP contribution in [0.25, 0.3) is 0 Å². The Hall–Kier alpha value is -2.47. The Kier molecular flexibility index (Phi) is 7.09. The van der Waals surface area contributed by atoms with Gasteiger partial charge in [0.05, 0.1) is 6.04 Å². The van der Waals surface area contributed by atoms with E-state index in [-0.39, 0.29) is 18.2 Å². The second-order valence-corrected chi connectivity index (χ2v) is 6.43. The van der Waals surface area contributed by atoms with Gasteiger partial charge in [-0.25, -0.2) is 8.78 Å². The van der Waals surface area contributed by atoms with Crippen molar-refractivity contribution in [3.63, 3.8) is 0 Å². The molecule has 0 saturated heterocycles. The SMILES string of the molecule is CN=C(NCc1cc(F)ccc1F)NCC(c1ccc(C)cc1)N(C)C. The summed E-state index contributed by atoms with van der Waals surface area (Å²) in [6.07, 6.45) is 0. The van der Waals surface area contributed by atoms with Crippen LogP contribution >= 0.6 is 0 Å². The number of benzene rings is 2. The molecule has 140 valence electrons. The van der Waals surface area contributed by atoms with Crippen LogP contribution in [0.3, 0.4) is 0 Å². The first-order chi connectivity index (χ1) is 12.4. The van der Waals surface area contributed by atoms with E-state index in [1.807, 2.05) is 14.1 Å². The molecule has 1 atom stereocenters. The lowest BCUT2D eigenvalue weighted by Gasteiger charge is -2.26. The van der Waals surface area contributed by atoms with E-state index in [1.54, 1.807) is 7.05 Å². The van der Waals surface area contributed by atoms with Gasteiger partial charge in [0.1, 0.15) is 11.6 Å². The van der Waals surface area contributed by atoms with Crippen molar-refractivity contribution >= 4 is 5.96 Å². The number of nitrogens with zero attached hydrogens (tertiary/aromatic N) is 2. The zero-order valence-electron chi connectivity index (χ0n) is 15.7. The van der Waals surface area contributed by atoms with Gasteiger partial charge >= 0.3 is 0 Å². The minimum absolute atomic E-state index is 0.153. The average Bonchev–Trinajstić information content (AvgIpc) is 2.61. The first-order valence-electron chi connectivity index (χ1n) is 8.52. The third-order valence-electron chi connectivity index (χ3n) is 4.23. The lowest BCUT2D eigenvalue weighted by Crippen LogP contribution is -2.41. The zero-order chi connectivity index (χ0) is 19.1. The van der Waals surface area contributed by atoms with Crippen molar-refractivity contribution in [2.24, 2.45) is 4.99 Å². The highest BCUT2D eigenvalue weighted by atomic mass is 19.1. The summed E-state index contributed by atoms with van der Waals surface area (Å²) in [6.45, 7) is 2.84. The Morgan fingerprint density at radius 1 is 1.08 bits per heavy atom. The van der Waals surface area contributed by atoms with E-state index in [0.717, 1.165) is 12.1 Å². The Morgan fingerprint density at radius 2 is 1.77 bits per heavy atom. The van der Waals surface area contributed by atoms with Crippen molar-refractivity contribution in [2.75, 3.05) is 27.7 Å². The van der Waals surface area contributed by atoms with Crippen molar-refractivity contribution in [3.05, 3.63) is 70.8 Å². The summed E-state index contributed by atoms with van der Waals surface area (Å²) in [4.78, 5) is 6.28. The number of rotatable bonds is 6. The fourth-order valence-corrected chi connectivity index (χ4v) is 2.66. The molecule has 2 rings (SSSR count). The molecule has 6 heteroatoms. The van der Waals surface area contributed by atoms with Crippen LogP contribution in [0.2, 0.25) is 0 Å². The Morgan fingerprint density at radius 3 is 2.38 bits per heavy atom. The van der Waals surface area contributed by atoms with E-state index in [4.69, 9.17) is 0 Å². The number of aliphatic imine (C=N–C) groups is 1. The van der Waals surface area contributed by atoms with Crippen LogP contribution in [0.4, 0.5) is 8.78 Å². The first kappa shape index (κ1) is 19.8. The molecule has 26 heavy (non-hydrogen) atoms. The molecule has 0 spiro atoms. The maximum absolute atomic E-state index is 13.7. The molecule has 2 aromatic rings. The van der Waals surface area contributed by atoms with E-state index in [1.165, 1.54) is 17.2 Å². The third-order valence-corrected chi connectivity index (χ3v) is 4.23. The number of nitrogens with one attached hydrogen (secondary N) is 2. The predicted molar refractivity (Wildman–Crippen MR) is 102 cm³/mol. The zero-order valence-corrected chi connectivity index (χ0v) is 15.7. The molecule has 2 aromatic carbocycles. The quantitative estimate of drug-likeness (QED) is 0.614. The molecule has 1 unspecified atom stereocenters. The largest absolute Gasteiger partial charge is 0.354 e. The maximum atomic E-state index is 13.7. The molecule has 0 bridgehead atoms. The second-order valence-electron chi connectivity index (χ2n) is 6.43. The van der Waals surface area contributed by atoms with Crippen molar-refractivity contribution in [3.8, 4) is 0 Å². The van der Waals surface area contributed by atoms with Crippen molar-refractivity contribution < 1.29 is 8.78 Å². The van der Waals surface area contributed by atoms with E-state index in [9.17, 15) is 8.78 Å². The van der Waals surface area contributed by atoms with Crippen LogP contribution in [0.1, 0.15) is 22.7 Å². The monoisotopic (exact) mass is 360 g/mol. The maximum Gasteiger partial charge on any atom is 0.191 e. The predicted octanol–water partition coefficient (Wildman–Crippen LogP) is 3.24. The molecular formula is C20H26F2N4. The van der Waals surface area contributed by atoms with E-state index < -0.39 is 11.6 Å². The standard InChI is InChI=1S/C20H26F2N4/c1-14-5-7-15(8-6-14)19(26(3)4)13-25-20(23-2)24-12-16-11-17(21)9-10-18(16)22/h5-11,19H,12-13H2,1-4H3,(H2,23,24,25). The molecule has 0 radical (unpaired) electrons. The normalized spacial score (nSPS) is 13.0. The molecule has 0 fully saturated rings. The molecule has 0 aliphatic heterocycles. The molecule has 2 N–H and O–H groups in total. The van der Waals surface area contributed by atoms with E-state index in [0.29, 0.717) is 12.5 Å². The summed E-state index contributed by atoms with van der Waals surface area (Å²) in [7, 11) is 5.68. The minimum atomic E-state index is -0.460. The van der Waals surface area contributed by atoms with Gasteiger partial charge in [-0.1, -0.05) is 29.8 Å². The van der Waals surface area contributed by atoms with Gasteiger partial charge < -0.3 is 15.5 Å². The van der Waals surface area contributed by atoms with Gasteiger partial charge in [-0.05, 0) is 44.8 Å². The van der Waals surface area contributed by atoms with Crippen LogP contribution in [-0.2, 0) is 6.54 Å². The van der Waals surface area contributed by atoms with Crippen LogP contribution in [0, 0.1) is 18.6 Å². The van der Waals surface area contributed by atoms with Gasteiger partial charge in [-0.2, -0.15) is 0 Å². The van der Waals surface area contributed by atoms with Crippen molar-refractivity contribution in [1.82, 2.24) is 15.5 Å². The van der Waals surface area contributed by atoms with Gasteiger partial charge in [0.2, 0.25) is 0 Å². The molecular weight excluding hydrogens is 334 g/mol. The van der Waals surface area contributed by atoms with E-state index in [2.05, 4.69) is 51.7 Å². The van der Waals surface area contributed by atoms with Gasteiger partial charge in [0, 0.05) is 25.7 Å². The molecule has 0 heterocycles. The van der Waals surface area contributed by atoms with E-state index >= 15 is 0 Å². The van der Waals surface area contributed by atoms with Crippen LogP contribution in [0.5, 0.6) is 0 Å². The number of likely N-dealkylation sites (N-methyl/N-ethyl adjacent to an activating group) is 1. The van der Waals surface area contributed by atoms with Crippen LogP contribution < -0.4 is 10.6 Å². The molecule has 0 amide bonds. The smallest absolute Gasteiger partial charge is 0.191 e. The summed E-state index contributed by atoms with van der Waals surface area (Å²) >= 11 is 0. The van der Waals surface area contributed by atoms with Gasteiger partial charge in [0.25, 0.3) is 0 Å². The molecule has 0 aliphatic carbocycles. The Bertz CT molecular complexity index is 742. The summed E-state index contributed by atoms with van der Waals surface area (Å²) in [5.41, 5.74) is 2.67. The molecule has 0 aliphatic rings. The van der Waals surface area contributed by atoms with Crippen LogP contribution in [-0.4, -0.2) is 38.5 Å². The number of halogens is 2. The summed E-state index contributed by atoms with van der Waals surface area (Å²) in [5, 5.41) is 6.27. The summed E-state index contributed by atoms with van der Waals surface area (Å²) < 4.78 is 27.0. The number of hydrogen-bond donors (Lipinski definition) is 2. The highest BCUT2D eigenvalue weighted by Gasteiger charge is 2.14. The molecule has 4 nitrogen and oxygen atoms in total. The number of hydrogen-bond acceptors (Lipinski definition) is 2. The lowest BCUT2D eigenvalue weighted by molar-refractivity contribution is 0.298. The van der Waals surface area contributed by atoms with Gasteiger partial charge in [0.15, 0.2) is 5.96 Å². The summed E-state index contributed by atoms with van der Waals surface area (Å²) in [6, 6.07) is 12.0. The highest BCUT2D eigenvalue weighted by Crippen LogP contribution is 2.18. The average molecular weight is 360 g/mol. The highest BCUT2D eigenvalue weighted by molar-refractivity contribution is 5.79. The summed E-state index contributed by atoms with van der Waals surface area (Å²) in [5.74, 6) is -0.369. The number of aryl methyl sites for hydroxylation is 1.